The van der Waals surface area contributed by atoms with E-state index in [2.05, 4.69) is 4.98 Å². The van der Waals surface area contributed by atoms with Crippen LogP contribution in [-0.2, 0) is 9.53 Å². The van der Waals surface area contributed by atoms with Crippen LogP contribution in [0.2, 0.25) is 0 Å². The highest BCUT2D eigenvalue weighted by Gasteiger charge is 2.29. The fourth-order valence-electron chi connectivity index (χ4n) is 3.04. The molecule has 0 saturated heterocycles. The maximum Gasteiger partial charge on any atom is 0.320 e. The first-order valence-corrected chi connectivity index (χ1v) is 7.53. The molecule has 1 aliphatic rings. The first kappa shape index (κ1) is 14.9. The summed E-state index contributed by atoms with van der Waals surface area (Å²) in [4.78, 5) is 16.3. The minimum Gasteiger partial charge on any atom is -0.454 e. The van der Waals surface area contributed by atoms with Gasteiger partial charge in [-0.2, -0.15) is 8.78 Å². The Morgan fingerprint density at radius 1 is 1.32 bits per heavy atom. The zero-order chi connectivity index (χ0) is 15.7. The molecule has 22 heavy (non-hydrogen) atoms. The number of fused-ring (bicyclic) bond motifs is 1. The number of carbonyl (C=O) groups is 1. The number of ether oxygens (including phenoxy) is 1. The van der Waals surface area contributed by atoms with Gasteiger partial charge >= 0.3 is 12.5 Å². The van der Waals surface area contributed by atoms with Crippen molar-refractivity contribution in [2.24, 2.45) is 5.92 Å². The van der Waals surface area contributed by atoms with Gasteiger partial charge in [-0.05, 0) is 31.9 Å². The van der Waals surface area contributed by atoms with E-state index in [1.807, 2.05) is 0 Å². The van der Waals surface area contributed by atoms with Gasteiger partial charge in [0.15, 0.2) is 11.9 Å². The average molecular weight is 308 g/mol. The predicted octanol–water partition coefficient (Wildman–Crippen LogP) is 4.23. The van der Waals surface area contributed by atoms with Gasteiger partial charge in [0.2, 0.25) is 0 Å². The summed E-state index contributed by atoms with van der Waals surface area (Å²) in [6.07, 6.45) is 2.87. The Morgan fingerprint density at radius 3 is 2.68 bits per heavy atom. The number of halogens is 2. The minimum absolute atomic E-state index is 0.0857. The fourth-order valence-corrected chi connectivity index (χ4v) is 3.04. The summed E-state index contributed by atoms with van der Waals surface area (Å²) in [5.74, 6) is -0.327. The summed E-state index contributed by atoms with van der Waals surface area (Å²) < 4.78 is 33.0. The number of nitrogens with zero attached hydrogens (tertiary/aromatic N) is 2. The third kappa shape index (κ3) is 2.69. The molecule has 1 fully saturated rings. The van der Waals surface area contributed by atoms with Crippen molar-refractivity contribution in [1.82, 2.24) is 9.55 Å². The molecular weight excluding hydrogens is 290 g/mol. The third-order valence-electron chi connectivity index (χ3n) is 4.16. The Hall–Kier alpha value is -1.98. The lowest BCUT2D eigenvalue weighted by atomic mass is 10.1. The number of hydrogen-bond acceptors (Lipinski definition) is 3. The molecular formula is C16H18F2N2O2. The van der Waals surface area contributed by atoms with E-state index in [0.29, 0.717) is 11.0 Å². The van der Waals surface area contributed by atoms with Crippen LogP contribution in [0.5, 0.6) is 0 Å². The third-order valence-corrected chi connectivity index (χ3v) is 4.16. The van der Waals surface area contributed by atoms with Gasteiger partial charge in [-0.3, -0.25) is 9.36 Å². The summed E-state index contributed by atoms with van der Waals surface area (Å²) >= 11 is 0. The van der Waals surface area contributed by atoms with Crippen molar-refractivity contribution in [2.75, 3.05) is 0 Å². The van der Waals surface area contributed by atoms with Crippen LogP contribution in [0.25, 0.3) is 11.0 Å². The number of aromatic nitrogens is 2. The number of imidazole rings is 1. The molecule has 0 spiro atoms. The van der Waals surface area contributed by atoms with Crippen LogP contribution >= 0.6 is 0 Å². The lowest BCUT2D eigenvalue weighted by molar-refractivity contribution is -0.154. The average Bonchev–Trinajstić information content (AvgIpc) is 3.14. The molecule has 4 nitrogen and oxygen atoms in total. The van der Waals surface area contributed by atoms with Crippen molar-refractivity contribution < 1.29 is 18.3 Å². The van der Waals surface area contributed by atoms with E-state index in [4.69, 9.17) is 4.74 Å². The molecule has 3 rings (SSSR count). The van der Waals surface area contributed by atoms with Crippen molar-refractivity contribution in [1.29, 1.82) is 0 Å². The van der Waals surface area contributed by atoms with E-state index >= 15 is 0 Å². The van der Waals surface area contributed by atoms with Crippen LogP contribution in [0.3, 0.4) is 0 Å². The molecule has 1 unspecified atom stereocenters. The van der Waals surface area contributed by atoms with Crippen LogP contribution in [0.1, 0.15) is 51.1 Å². The number of rotatable bonds is 4. The first-order chi connectivity index (χ1) is 10.6. The minimum atomic E-state index is -2.73. The van der Waals surface area contributed by atoms with Gasteiger partial charge in [0.05, 0.1) is 17.0 Å². The molecule has 1 aliphatic carbocycles. The van der Waals surface area contributed by atoms with Crippen LogP contribution in [0, 0.1) is 5.92 Å². The largest absolute Gasteiger partial charge is 0.454 e. The fraction of sp³-hybridized carbons (Fsp3) is 0.500. The van der Waals surface area contributed by atoms with Crippen LogP contribution in [0.4, 0.5) is 8.78 Å². The summed E-state index contributed by atoms with van der Waals surface area (Å²) in [7, 11) is 0. The number of benzene rings is 1. The molecule has 0 amide bonds. The number of para-hydroxylation sites is 2. The van der Waals surface area contributed by atoms with E-state index in [9.17, 15) is 13.6 Å². The van der Waals surface area contributed by atoms with Gasteiger partial charge in [0, 0.05) is 0 Å². The van der Waals surface area contributed by atoms with Crippen LogP contribution < -0.4 is 0 Å². The Kier molecular flexibility index (Phi) is 4.09. The van der Waals surface area contributed by atoms with Gasteiger partial charge in [-0.25, -0.2) is 4.98 Å². The number of carbonyl (C=O) groups excluding carboxylic acids is 1. The van der Waals surface area contributed by atoms with E-state index in [1.54, 1.807) is 31.2 Å². The second-order valence-electron chi connectivity index (χ2n) is 5.67. The molecule has 1 aromatic heterocycles. The molecule has 1 atom stereocenters. The summed E-state index contributed by atoms with van der Waals surface area (Å²) in [5.41, 5.74) is 0.817. The highest BCUT2D eigenvalue weighted by molar-refractivity contribution is 5.76. The molecule has 1 saturated carbocycles. The first-order valence-electron chi connectivity index (χ1n) is 7.53. The number of esters is 1. The Morgan fingerprint density at radius 2 is 2.00 bits per heavy atom. The maximum atomic E-state index is 13.4. The van der Waals surface area contributed by atoms with E-state index < -0.39 is 12.7 Å². The van der Waals surface area contributed by atoms with Crippen molar-refractivity contribution in [3.8, 4) is 0 Å². The van der Waals surface area contributed by atoms with E-state index in [0.717, 1.165) is 30.3 Å². The SMILES string of the molecule is CC(OC(=O)C1CCCC1)c1nc2ccccc2n1C(F)F. The zero-order valence-electron chi connectivity index (χ0n) is 12.3. The molecule has 1 heterocycles. The monoisotopic (exact) mass is 308 g/mol. The van der Waals surface area contributed by atoms with Crippen LogP contribution in [-0.4, -0.2) is 15.5 Å². The molecule has 0 radical (unpaired) electrons. The highest BCUT2D eigenvalue weighted by Crippen LogP contribution is 2.31. The van der Waals surface area contributed by atoms with Gasteiger partial charge in [0.25, 0.3) is 0 Å². The molecule has 0 bridgehead atoms. The lowest BCUT2D eigenvalue weighted by Crippen LogP contribution is -2.19. The molecule has 0 aliphatic heterocycles. The number of hydrogen-bond donors (Lipinski definition) is 0. The van der Waals surface area contributed by atoms with E-state index in [-0.39, 0.29) is 17.7 Å². The molecule has 6 heteroatoms. The van der Waals surface area contributed by atoms with E-state index in [1.165, 1.54) is 0 Å². The zero-order valence-corrected chi connectivity index (χ0v) is 12.3. The standard InChI is InChI=1S/C16H18F2N2O2/c1-10(22-15(21)11-6-2-3-7-11)14-19-12-8-4-5-9-13(12)20(14)16(17)18/h4-5,8-11,16H,2-3,6-7H2,1H3. The molecule has 1 aromatic carbocycles. The molecule has 2 aromatic rings. The van der Waals surface area contributed by atoms with Crippen LogP contribution in [0.15, 0.2) is 24.3 Å². The van der Waals surface area contributed by atoms with Gasteiger partial charge in [0.1, 0.15) is 0 Å². The Balaban J connectivity index is 1.88. The predicted molar refractivity (Wildman–Crippen MR) is 77.5 cm³/mol. The Labute approximate surface area is 127 Å². The van der Waals surface area contributed by atoms with Crippen molar-refractivity contribution in [3.63, 3.8) is 0 Å². The van der Waals surface area contributed by atoms with Crippen molar-refractivity contribution in [3.05, 3.63) is 30.1 Å². The normalized spacial score (nSPS) is 17.3. The van der Waals surface area contributed by atoms with Crippen molar-refractivity contribution >= 4 is 17.0 Å². The summed E-state index contributed by atoms with van der Waals surface area (Å²) in [6.45, 7) is -1.14. The van der Waals surface area contributed by atoms with Gasteiger partial charge in [-0.1, -0.05) is 25.0 Å². The van der Waals surface area contributed by atoms with Gasteiger partial charge < -0.3 is 4.74 Å². The number of alkyl halides is 2. The highest BCUT2D eigenvalue weighted by atomic mass is 19.3. The molecule has 118 valence electrons. The summed E-state index contributed by atoms with van der Waals surface area (Å²) in [5, 5.41) is 0. The summed E-state index contributed by atoms with van der Waals surface area (Å²) in [6, 6.07) is 6.68. The second kappa shape index (κ2) is 6.02. The lowest BCUT2D eigenvalue weighted by Gasteiger charge is -2.17. The maximum absolute atomic E-state index is 13.4. The van der Waals surface area contributed by atoms with Gasteiger partial charge in [-0.15, -0.1) is 0 Å². The molecule has 0 N–H and O–H groups in total. The van der Waals surface area contributed by atoms with Crippen molar-refractivity contribution in [2.45, 2.75) is 45.3 Å². The second-order valence-corrected chi connectivity index (χ2v) is 5.67. The smallest absolute Gasteiger partial charge is 0.320 e. The quantitative estimate of drug-likeness (QED) is 0.794. The topological polar surface area (TPSA) is 44.1 Å². The Bertz CT molecular complexity index is 678.